The van der Waals surface area contributed by atoms with Crippen molar-refractivity contribution in [3.63, 3.8) is 0 Å². The highest BCUT2D eigenvalue weighted by molar-refractivity contribution is 9.10. The van der Waals surface area contributed by atoms with Gasteiger partial charge in [0.2, 0.25) is 0 Å². The number of fused-ring (bicyclic) bond motifs is 1. The number of hydrogen-bond acceptors (Lipinski definition) is 1. The molecule has 0 saturated carbocycles. The fraction of sp³-hybridized carbons (Fsp3) is 0. The van der Waals surface area contributed by atoms with Crippen molar-refractivity contribution < 1.29 is 0 Å². The van der Waals surface area contributed by atoms with E-state index in [1.807, 2.05) is 35.0 Å². The van der Waals surface area contributed by atoms with Crippen LogP contribution in [0.5, 0.6) is 0 Å². The Balaban J connectivity index is 2.04. The van der Waals surface area contributed by atoms with Crippen LogP contribution in [0.1, 0.15) is 0 Å². The first-order valence-corrected chi connectivity index (χ1v) is 7.91. The maximum atomic E-state index is 4.79. The molecule has 0 atom stereocenters. The summed E-state index contributed by atoms with van der Waals surface area (Å²) in [6, 6.07) is 24.9. The Labute approximate surface area is 137 Å². The van der Waals surface area contributed by atoms with Gasteiger partial charge in [0.15, 0.2) is 0 Å². The molecule has 0 unspecified atom stereocenters. The Morgan fingerprint density at radius 3 is 2.23 bits per heavy atom. The average Bonchev–Trinajstić information content (AvgIpc) is 2.96. The molecule has 0 aliphatic heterocycles. The summed E-state index contributed by atoms with van der Waals surface area (Å²) in [6.07, 6.45) is 1.99. The quantitative estimate of drug-likeness (QED) is 0.472. The Kier molecular flexibility index (Phi) is 3.28. The molecule has 4 rings (SSSR count). The van der Waals surface area contributed by atoms with Gasteiger partial charge in [0, 0.05) is 21.8 Å². The maximum absolute atomic E-state index is 4.79. The summed E-state index contributed by atoms with van der Waals surface area (Å²) in [5.41, 5.74) is 5.59. The lowest BCUT2D eigenvalue weighted by molar-refractivity contribution is 0.966. The first-order chi connectivity index (χ1) is 10.8. The molecule has 2 aromatic heterocycles. The van der Waals surface area contributed by atoms with Gasteiger partial charge in [-0.3, -0.25) is 0 Å². The first-order valence-electron chi connectivity index (χ1n) is 7.12. The van der Waals surface area contributed by atoms with E-state index in [4.69, 9.17) is 5.10 Å². The van der Waals surface area contributed by atoms with Crippen molar-refractivity contribution in [2.75, 3.05) is 0 Å². The zero-order valence-corrected chi connectivity index (χ0v) is 13.4. The molecular weight excluding hydrogens is 336 g/mol. The van der Waals surface area contributed by atoms with Crippen LogP contribution in [0.25, 0.3) is 27.9 Å². The Bertz CT molecular complexity index is 925. The van der Waals surface area contributed by atoms with E-state index in [0.717, 1.165) is 21.2 Å². The standard InChI is InChI=1S/C19H13BrN2/c20-16-11-9-15(10-12-16)19-18(14-6-2-1-3-7-14)17-8-4-5-13-22(17)21-19/h1-13H. The molecule has 2 heterocycles. The van der Waals surface area contributed by atoms with E-state index in [0.29, 0.717) is 0 Å². The molecule has 0 amide bonds. The van der Waals surface area contributed by atoms with Gasteiger partial charge in [-0.05, 0) is 29.8 Å². The average molecular weight is 349 g/mol. The molecule has 106 valence electrons. The van der Waals surface area contributed by atoms with Crippen molar-refractivity contribution in [1.29, 1.82) is 0 Å². The third-order valence-corrected chi connectivity index (χ3v) is 4.25. The second-order valence-electron chi connectivity index (χ2n) is 5.13. The van der Waals surface area contributed by atoms with Gasteiger partial charge in [-0.15, -0.1) is 0 Å². The molecule has 0 radical (unpaired) electrons. The summed E-state index contributed by atoms with van der Waals surface area (Å²) in [7, 11) is 0. The smallest absolute Gasteiger partial charge is 0.101 e. The SMILES string of the molecule is Brc1ccc(-c2nn3ccccc3c2-c2ccccc2)cc1. The monoisotopic (exact) mass is 348 g/mol. The summed E-state index contributed by atoms with van der Waals surface area (Å²) in [5.74, 6) is 0. The van der Waals surface area contributed by atoms with E-state index in [1.54, 1.807) is 0 Å². The van der Waals surface area contributed by atoms with Crippen molar-refractivity contribution in [2.24, 2.45) is 0 Å². The van der Waals surface area contributed by atoms with E-state index in [-0.39, 0.29) is 0 Å². The second-order valence-corrected chi connectivity index (χ2v) is 6.04. The zero-order chi connectivity index (χ0) is 14.9. The number of hydrogen-bond donors (Lipinski definition) is 0. The Morgan fingerprint density at radius 1 is 0.727 bits per heavy atom. The van der Waals surface area contributed by atoms with Crippen LogP contribution in [-0.4, -0.2) is 9.61 Å². The number of halogens is 1. The number of nitrogens with zero attached hydrogens (tertiary/aromatic N) is 2. The number of pyridine rings is 1. The predicted molar refractivity (Wildman–Crippen MR) is 93.8 cm³/mol. The van der Waals surface area contributed by atoms with Crippen LogP contribution >= 0.6 is 15.9 Å². The minimum atomic E-state index is 1.00. The maximum Gasteiger partial charge on any atom is 0.101 e. The number of benzene rings is 2. The van der Waals surface area contributed by atoms with Gasteiger partial charge < -0.3 is 0 Å². The molecule has 0 spiro atoms. The molecule has 0 aliphatic carbocycles. The van der Waals surface area contributed by atoms with Gasteiger partial charge in [-0.1, -0.05) is 64.5 Å². The van der Waals surface area contributed by atoms with Crippen molar-refractivity contribution in [3.8, 4) is 22.4 Å². The number of rotatable bonds is 2. The van der Waals surface area contributed by atoms with Crippen LogP contribution in [0.2, 0.25) is 0 Å². The van der Waals surface area contributed by atoms with Crippen LogP contribution in [0.3, 0.4) is 0 Å². The van der Waals surface area contributed by atoms with E-state index < -0.39 is 0 Å². The van der Waals surface area contributed by atoms with Crippen LogP contribution in [0, 0.1) is 0 Å². The van der Waals surface area contributed by atoms with E-state index >= 15 is 0 Å². The number of aromatic nitrogens is 2. The Morgan fingerprint density at radius 2 is 1.45 bits per heavy atom. The van der Waals surface area contributed by atoms with Gasteiger partial charge in [0.25, 0.3) is 0 Å². The molecule has 0 saturated heterocycles. The molecule has 3 heteroatoms. The highest BCUT2D eigenvalue weighted by atomic mass is 79.9. The molecule has 0 bridgehead atoms. The lowest BCUT2D eigenvalue weighted by Gasteiger charge is -2.04. The van der Waals surface area contributed by atoms with Crippen molar-refractivity contribution in [3.05, 3.63) is 83.5 Å². The summed E-state index contributed by atoms with van der Waals surface area (Å²) in [6.45, 7) is 0. The van der Waals surface area contributed by atoms with Crippen molar-refractivity contribution in [1.82, 2.24) is 9.61 Å². The highest BCUT2D eigenvalue weighted by Gasteiger charge is 2.15. The first kappa shape index (κ1) is 13.3. The normalized spacial score (nSPS) is 11.0. The highest BCUT2D eigenvalue weighted by Crippen LogP contribution is 2.35. The molecule has 0 aliphatic rings. The third-order valence-electron chi connectivity index (χ3n) is 3.72. The fourth-order valence-corrected chi connectivity index (χ4v) is 2.96. The molecule has 22 heavy (non-hydrogen) atoms. The minimum Gasteiger partial charge on any atom is -0.240 e. The van der Waals surface area contributed by atoms with Gasteiger partial charge in [0.1, 0.15) is 5.69 Å². The second kappa shape index (κ2) is 5.43. The van der Waals surface area contributed by atoms with Gasteiger partial charge in [-0.25, -0.2) is 4.52 Å². The summed E-state index contributed by atoms with van der Waals surface area (Å²) in [5, 5.41) is 4.79. The van der Waals surface area contributed by atoms with Gasteiger partial charge >= 0.3 is 0 Å². The van der Waals surface area contributed by atoms with Crippen LogP contribution in [-0.2, 0) is 0 Å². The molecule has 2 nitrogen and oxygen atoms in total. The van der Waals surface area contributed by atoms with E-state index in [9.17, 15) is 0 Å². The van der Waals surface area contributed by atoms with Crippen molar-refractivity contribution >= 4 is 21.4 Å². The summed E-state index contributed by atoms with van der Waals surface area (Å²) < 4.78 is 3.01. The largest absolute Gasteiger partial charge is 0.240 e. The van der Waals surface area contributed by atoms with Crippen LogP contribution in [0.4, 0.5) is 0 Å². The summed E-state index contributed by atoms with van der Waals surface area (Å²) in [4.78, 5) is 0. The van der Waals surface area contributed by atoms with Crippen LogP contribution in [0.15, 0.2) is 83.5 Å². The molecule has 4 aromatic rings. The van der Waals surface area contributed by atoms with Crippen molar-refractivity contribution in [2.45, 2.75) is 0 Å². The topological polar surface area (TPSA) is 17.3 Å². The van der Waals surface area contributed by atoms with Gasteiger partial charge in [0.05, 0.1) is 5.52 Å². The lowest BCUT2D eigenvalue weighted by Crippen LogP contribution is -1.84. The minimum absolute atomic E-state index is 1.00. The fourth-order valence-electron chi connectivity index (χ4n) is 2.70. The lowest BCUT2D eigenvalue weighted by atomic mass is 10.00. The van der Waals surface area contributed by atoms with Gasteiger partial charge in [-0.2, -0.15) is 5.10 Å². The van der Waals surface area contributed by atoms with Crippen LogP contribution < -0.4 is 0 Å². The predicted octanol–water partition coefficient (Wildman–Crippen LogP) is 5.43. The molecular formula is C19H13BrN2. The third kappa shape index (κ3) is 2.24. The van der Waals surface area contributed by atoms with E-state index in [2.05, 4.69) is 64.5 Å². The molecule has 0 N–H and O–H groups in total. The summed E-state index contributed by atoms with van der Waals surface area (Å²) >= 11 is 3.49. The molecule has 2 aromatic carbocycles. The molecule has 0 fully saturated rings. The van der Waals surface area contributed by atoms with E-state index in [1.165, 1.54) is 11.1 Å². The zero-order valence-electron chi connectivity index (χ0n) is 11.8. The Hall–Kier alpha value is -2.39.